The number of aromatic nitrogens is 4. The zero-order chi connectivity index (χ0) is 19.1. The lowest BCUT2D eigenvalue weighted by molar-refractivity contribution is 0.0998. The van der Waals surface area contributed by atoms with E-state index in [1.54, 1.807) is 48.4 Å². The quantitative estimate of drug-likeness (QED) is 0.546. The van der Waals surface area contributed by atoms with Gasteiger partial charge in [-0.2, -0.15) is 5.10 Å². The minimum absolute atomic E-state index is 0.171. The van der Waals surface area contributed by atoms with Crippen molar-refractivity contribution in [2.45, 2.75) is 6.92 Å². The number of primary amides is 1. The average Bonchev–Trinajstić information content (AvgIpc) is 3.24. The highest BCUT2D eigenvalue weighted by Crippen LogP contribution is 2.26. The molecule has 7 heteroatoms. The minimum atomic E-state index is -0.492. The first-order valence-corrected chi connectivity index (χ1v) is 8.37. The summed E-state index contributed by atoms with van der Waals surface area (Å²) in [6.45, 7) is 1.89. The van der Waals surface area contributed by atoms with Gasteiger partial charge in [-0.3, -0.25) is 14.3 Å². The van der Waals surface area contributed by atoms with Crippen LogP contribution >= 0.6 is 0 Å². The van der Waals surface area contributed by atoms with Crippen molar-refractivity contribution in [3.63, 3.8) is 0 Å². The second-order valence-corrected chi connectivity index (χ2v) is 6.39. The maximum absolute atomic E-state index is 12.9. The molecular formula is C20H17N5O2. The predicted molar refractivity (Wildman–Crippen MR) is 101 cm³/mol. The van der Waals surface area contributed by atoms with Gasteiger partial charge in [-0.1, -0.05) is 12.1 Å². The average molecular weight is 359 g/mol. The molecule has 4 aromatic rings. The van der Waals surface area contributed by atoms with E-state index in [0.717, 1.165) is 16.8 Å². The molecule has 3 N–H and O–H groups in total. The lowest BCUT2D eigenvalue weighted by Gasteiger charge is -2.04. The number of benzene rings is 1. The van der Waals surface area contributed by atoms with Crippen molar-refractivity contribution in [2.24, 2.45) is 12.8 Å². The SMILES string of the molecule is Cc1cc(C(=O)c2c[nH]c3ncc(-c4cccc(C(N)=O)c4)cc23)nn1C. The second kappa shape index (κ2) is 6.21. The molecule has 4 rings (SSSR count). The summed E-state index contributed by atoms with van der Waals surface area (Å²) < 4.78 is 1.67. The number of aryl methyl sites for hydroxylation is 2. The molecule has 0 saturated heterocycles. The van der Waals surface area contributed by atoms with Crippen molar-refractivity contribution in [1.29, 1.82) is 0 Å². The molecule has 0 atom stereocenters. The molecule has 0 saturated carbocycles. The molecule has 1 amide bonds. The number of nitrogens with zero attached hydrogens (tertiary/aromatic N) is 3. The van der Waals surface area contributed by atoms with Gasteiger partial charge in [0.1, 0.15) is 11.3 Å². The fourth-order valence-corrected chi connectivity index (χ4v) is 3.01. The van der Waals surface area contributed by atoms with Gasteiger partial charge >= 0.3 is 0 Å². The number of carbonyl (C=O) groups is 2. The summed E-state index contributed by atoms with van der Waals surface area (Å²) in [6, 6.07) is 10.6. The summed E-state index contributed by atoms with van der Waals surface area (Å²) in [5, 5.41) is 4.97. The van der Waals surface area contributed by atoms with Gasteiger partial charge in [0, 0.05) is 41.6 Å². The van der Waals surface area contributed by atoms with Gasteiger partial charge in [-0.05, 0) is 36.8 Å². The molecular weight excluding hydrogens is 342 g/mol. The Morgan fingerprint density at radius 2 is 1.96 bits per heavy atom. The second-order valence-electron chi connectivity index (χ2n) is 6.39. The monoisotopic (exact) mass is 359 g/mol. The van der Waals surface area contributed by atoms with E-state index in [0.29, 0.717) is 27.9 Å². The molecule has 0 spiro atoms. The van der Waals surface area contributed by atoms with Crippen molar-refractivity contribution in [3.05, 3.63) is 71.3 Å². The van der Waals surface area contributed by atoms with Crippen LogP contribution in [0.5, 0.6) is 0 Å². The lowest BCUT2D eigenvalue weighted by Crippen LogP contribution is -2.10. The predicted octanol–water partition coefficient (Wildman–Crippen LogP) is 2.60. The first kappa shape index (κ1) is 16.7. The zero-order valence-electron chi connectivity index (χ0n) is 14.9. The Hall–Kier alpha value is -3.74. The molecule has 7 nitrogen and oxygen atoms in total. The van der Waals surface area contributed by atoms with Crippen molar-refractivity contribution in [3.8, 4) is 11.1 Å². The molecule has 0 aliphatic heterocycles. The molecule has 0 radical (unpaired) electrons. The topological polar surface area (TPSA) is 107 Å². The van der Waals surface area contributed by atoms with Crippen molar-refractivity contribution in [2.75, 3.05) is 0 Å². The molecule has 0 fully saturated rings. The maximum Gasteiger partial charge on any atom is 0.248 e. The van der Waals surface area contributed by atoms with Crippen molar-refractivity contribution < 1.29 is 9.59 Å². The van der Waals surface area contributed by atoms with Crippen LogP contribution in [0, 0.1) is 6.92 Å². The first-order valence-electron chi connectivity index (χ1n) is 8.37. The van der Waals surface area contributed by atoms with Crippen molar-refractivity contribution >= 4 is 22.7 Å². The Balaban J connectivity index is 1.81. The molecule has 3 aromatic heterocycles. The molecule has 0 aliphatic rings. The lowest BCUT2D eigenvalue weighted by atomic mass is 10.0. The summed E-state index contributed by atoms with van der Waals surface area (Å²) >= 11 is 0. The maximum atomic E-state index is 12.9. The summed E-state index contributed by atoms with van der Waals surface area (Å²) in [5.41, 5.74) is 9.78. The number of ketones is 1. The molecule has 1 aromatic carbocycles. The van der Waals surface area contributed by atoms with E-state index in [9.17, 15) is 9.59 Å². The van der Waals surface area contributed by atoms with Crippen LogP contribution in [0.15, 0.2) is 48.8 Å². The van der Waals surface area contributed by atoms with Crippen LogP contribution in [0.4, 0.5) is 0 Å². The Morgan fingerprint density at radius 1 is 1.15 bits per heavy atom. The standard InChI is InChI=1S/C20H17N5O2/c1-11-6-17(24-25(11)2)18(26)16-10-23-20-15(16)8-14(9-22-20)12-4-3-5-13(7-12)19(21)27/h3-10H,1-2H3,(H2,21,27)(H,22,23). The minimum Gasteiger partial charge on any atom is -0.366 e. The number of nitrogens with one attached hydrogen (secondary N) is 1. The van der Waals surface area contributed by atoms with Crippen LogP contribution in [-0.2, 0) is 7.05 Å². The number of nitrogens with two attached hydrogens (primary N) is 1. The van der Waals surface area contributed by atoms with E-state index in [1.807, 2.05) is 19.1 Å². The Morgan fingerprint density at radius 3 is 2.67 bits per heavy atom. The number of hydrogen-bond donors (Lipinski definition) is 2. The van der Waals surface area contributed by atoms with Gasteiger partial charge in [0.25, 0.3) is 0 Å². The molecule has 3 heterocycles. The molecule has 0 bridgehead atoms. The van der Waals surface area contributed by atoms with Gasteiger partial charge in [0.05, 0.1) is 5.56 Å². The van der Waals surface area contributed by atoms with Crippen LogP contribution in [0.2, 0.25) is 0 Å². The smallest absolute Gasteiger partial charge is 0.248 e. The van der Waals surface area contributed by atoms with Gasteiger partial charge in [0.2, 0.25) is 11.7 Å². The molecule has 0 aliphatic carbocycles. The number of amides is 1. The number of carbonyl (C=O) groups excluding carboxylic acids is 2. The normalized spacial score (nSPS) is 11.0. The van der Waals surface area contributed by atoms with Gasteiger partial charge < -0.3 is 10.7 Å². The van der Waals surface area contributed by atoms with E-state index < -0.39 is 5.91 Å². The Labute approximate surface area is 154 Å². The molecule has 27 heavy (non-hydrogen) atoms. The largest absolute Gasteiger partial charge is 0.366 e. The van der Waals surface area contributed by atoms with Crippen LogP contribution in [0.25, 0.3) is 22.2 Å². The highest BCUT2D eigenvalue weighted by molar-refractivity contribution is 6.15. The highest BCUT2D eigenvalue weighted by Gasteiger charge is 2.18. The van der Waals surface area contributed by atoms with Crippen LogP contribution in [0.1, 0.15) is 32.1 Å². The van der Waals surface area contributed by atoms with Crippen molar-refractivity contribution in [1.82, 2.24) is 19.7 Å². The molecule has 0 unspecified atom stereocenters. The number of fused-ring (bicyclic) bond motifs is 1. The number of aromatic amines is 1. The Kier molecular flexibility index (Phi) is 3.84. The molecule has 134 valence electrons. The number of H-pyrrole nitrogens is 1. The number of pyridine rings is 1. The van der Waals surface area contributed by atoms with Gasteiger partial charge in [0.15, 0.2) is 0 Å². The van der Waals surface area contributed by atoms with E-state index in [-0.39, 0.29) is 5.78 Å². The zero-order valence-corrected chi connectivity index (χ0v) is 14.9. The highest BCUT2D eigenvalue weighted by atomic mass is 16.1. The van der Waals surface area contributed by atoms with E-state index >= 15 is 0 Å². The Bertz CT molecular complexity index is 1180. The van der Waals surface area contributed by atoms with E-state index in [4.69, 9.17) is 5.73 Å². The fourth-order valence-electron chi connectivity index (χ4n) is 3.01. The summed E-state index contributed by atoms with van der Waals surface area (Å²) in [7, 11) is 1.80. The van der Waals surface area contributed by atoms with Gasteiger partial charge in [-0.25, -0.2) is 4.98 Å². The fraction of sp³-hybridized carbons (Fsp3) is 0.100. The number of rotatable bonds is 4. The number of hydrogen-bond acceptors (Lipinski definition) is 4. The third-order valence-corrected chi connectivity index (χ3v) is 4.60. The third kappa shape index (κ3) is 2.89. The first-order chi connectivity index (χ1) is 12.9. The summed E-state index contributed by atoms with van der Waals surface area (Å²) in [6.07, 6.45) is 3.34. The van der Waals surface area contributed by atoms with Crippen LogP contribution in [0.3, 0.4) is 0 Å². The van der Waals surface area contributed by atoms with E-state index in [2.05, 4.69) is 15.1 Å². The van der Waals surface area contributed by atoms with Gasteiger partial charge in [-0.15, -0.1) is 0 Å². The van der Waals surface area contributed by atoms with E-state index in [1.165, 1.54) is 0 Å². The summed E-state index contributed by atoms with van der Waals surface area (Å²) in [5.74, 6) is -0.663. The summed E-state index contributed by atoms with van der Waals surface area (Å²) in [4.78, 5) is 31.8. The van der Waals surface area contributed by atoms with Crippen LogP contribution in [-0.4, -0.2) is 31.4 Å². The third-order valence-electron chi connectivity index (χ3n) is 4.60. The van der Waals surface area contributed by atoms with Crippen LogP contribution < -0.4 is 5.73 Å².